The number of rotatable bonds is 4. The van der Waals surface area contributed by atoms with Gasteiger partial charge in [0.1, 0.15) is 5.82 Å². The summed E-state index contributed by atoms with van der Waals surface area (Å²) in [6.45, 7) is 3.14. The number of aryl methyl sites for hydroxylation is 1. The first-order valence-corrected chi connectivity index (χ1v) is 9.70. The molecule has 140 valence electrons. The molecule has 0 spiro atoms. The van der Waals surface area contributed by atoms with E-state index in [9.17, 15) is 4.39 Å². The molecule has 1 saturated carbocycles. The van der Waals surface area contributed by atoms with Crippen LogP contribution >= 0.6 is 0 Å². The molecule has 4 nitrogen and oxygen atoms in total. The number of halogens is 1. The summed E-state index contributed by atoms with van der Waals surface area (Å²) in [6, 6.07) is 12.1. The third-order valence-electron chi connectivity index (χ3n) is 5.76. The van der Waals surface area contributed by atoms with Crippen molar-refractivity contribution in [2.45, 2.75) is 31.4 Å². The highest BCUT2D eigenvalue weighted by Crippen LogP contribution is 2.41. The van der Waals surface area contributed by atoms with Crippen LogP contribution in [0.1, 0.15) is 41.6 Å². The zero-order chi connectivity index (χ0) is 18.4. The van der Waals surface area contributed by atoms with Crippen LogP contribution in [0.5, 0.6) is 0 Å². The van der Waals surface area contributed by atoms with Gasteiger partial charge in [0.15, 0.2) is 0 Å². The van der Waals surface area contributed by atoms with Crippen molar-refractivity contribution in [1.82, 2.24) is 14.5 Å². The summed E-state index contributed by atoms with van der Waals surface area (Å²) >= 11 is 0. The Labute approximate surface area is 158 Å². The van der Waals surface area contributed by atoms with E-state index in [1.807, 2.05) is 24.0 Å². The van der Waals surface area contributed by atoms with E-state index in [1.165, 1.54) is 5.56 Å². The van der Waals surface area contributed by atoms with E-state index < -0.39 is 0 Å². The molecule has 0 amide bonds. The number of hydrogen-bond donors (Lipinski definition) is 0. The Morgan fingerprint density at radius 1 is 1.19 bits per heavy atom. The Kier molecular flexibility index (Phi) is 4.21. The van der Waals surface area contributed by atoms with E-state index >= 15 is 0 Å². The van der Waals surface area contributed by atoms with Gasteiger partial charge in [0, 0.05) is 26.7 Å². The van der Waals surface area contributed by atoms with E-state index in [4.69, 9.17) is 4.74 Å². The molecule has 2 heterocycles. The number of ether oxygens (including phenoxy) is 1. The molecule has 2 aromatic carbocycles. The molecular weight excluding hydrogens is 341 g/mol. The molecule has 1 aromatic heterocycles. The van der Waals surface area contributed by atoms with E-state index in [1.54, 1.807) is 6.07 Å². The highest BCUT2D eigenvalue weighted by molar-refractivity contribution is 5.76. The van der Waals surface area contributed by atoms with Crippen molar-refractivity contribution >= 4 is 11.0 Å². The molecule has 0 radical (unpaired) electrons. The first-order chi connectivity index (χ1) is 13.2. The van der Waals surface area contributed by atoms with Gasteiger partial charge >= 0.3 is 0 Å². The summed E-state index contributed by atoms with van der Waals surface area (Å²) in [5.74, 6) is 0.412. The molecule has 0 bridgehead atoms. The quantitative estimate of drug-likeness (QED) is 0.695. The van der Waals surface area contributed by atoms with Crippen LogP contribution in [0.4, 0.5) is 4.39 Å². The lowest BCUT2D eigenvalue weighted by atomic mass is 10.0. The number of morpholine rings is 1. The molecule has 1 saturated heterocycles. The van der Waals surface area contributed by atoms with Gasteiger partial charge in [0.05, 0.1) is 30.1 Å². The maximum atomic E-state index is 14.3. The predicted octanol–water partition coefficient (Wildman–Crippen LogP) is 4.16. The Bertz CT molecular complexity index is 979. The molecule has 3 aromatic rings. The second-order valence-corrected chi connectivity index (χ2v) is 7.83. The van der Waals surface area contributed by atoms with Gasteiger partial charge in [-0.1, -0.05) is 18.2 Å². The lowest BCUT2D eigenvalue weighted by Crippen LogP contribution is -2.37. The van der Waals surface area contributed by atoms with E-state index in [-0.39, 0.29) is 11.9 Å². The zero-order valence-electron chi connectivity index (χ0n) is 15.6. The van der Waals surface area contributed by atoms with Gasteiger partial charge in [-0.25, -0.2) is 9.37 Å². The van der Waals surface area contributed by atoms with Crippen LogP contribution in [-0.2, 0) is 18.3 Å². The summed E-state index contributed by atoms with van der Waals surface area (Å²) in [5, 5.41) is 0. The Balaban J connectivity index is 1.31. The number of hydrogen-bond acceptors (Lipinski definition) is 3. The summed E-state index contributed by atoms with van der Waals surface area (Å²) in [7, 11) is 2.01. The molecule has 5 heteroatoms. The largest absolute Gasteiger partial charge is 0.371 e. The minimum Gasteiger partial charge on any atom is -0.371 e. The smallest absolute Gasteiger partial charge is 0.127 e. The second-order valence-electron chi connectivity index (χ2n) is 7.83. The molecule has 5 rings (SSSR count). The molecular formula is C22H24FN3O. The van der Waals surface area contributed by atoms with Gasteiger partial charge in [-0.3, -0.25) is 4.90 Å². The molecule has 0 unspecified atom stereocenters. The van der Waals surface area contributed by atoms with Crippen molar-refractivity contribution in [2.24, 2.45) is 7.05 Å². The van der Waals surface area contributed by atoms with Crippen molar-refractivity contribution in [2.75, 3.05) is 19.7 Å². The van der Waals surface area contributed by atoms with Crippen molar-refractivity contribution in [3.05, 3.63) is 65.2 Å². The van der Waals surface area contributed by atoms with Gasteiger partial charge in [-0.05, 0) is 53.6 Å². The minimum atomic E-state index is -0.0403. The maximum absolute atomic E-state index is 14.3. The number of nitrogens with zero attached hydrogens (tertiary/aromatic N) is 3. The number of fused-ring (bicyclic) bond motifs is 1. The standard InChI is InChI=1S/C22H24FN3O/c1-25-14-24-20-7-5-17(11-21(20)25)22-13-26(8-9-27-22)12-15-2-6-18(16-3-4-16)19(23)10-15/h2,5-7,10-11,14,16,22H,3-4,8-9,12-13H2,1H3/t22-/m0/s1. The lowest BCUT2D eigenvalue weighted by Gasteiger charge is -2.33. The molecule has 1 aliphatic carbocycles. The van der Waals surface area contributed by atoms with E-state index in [2.05, 4.69) is 34.1 Å². The third-order valence-corrected chi connectivity index (χ3v) is 5.76. The van der Waals surface area contributed by atoms with Gasteiger partial charge in [-0.15, -0.1) is 0 Å². The average molecular weight is 365 g/mol. The first kappa shape index (κ1) is 16.9. The highest BCUT2D eigenvalue weighted by atomic mass is 19.1. The highest BCUT2D eigenvalue weighted by Gasteiger charge is 2.27. The van der Waals surface area contributed by atoms with Crippen LogP contribution in [0.3, 0.4) is 0 Å². The first-order valence-electron chi connectivity index (χ1n) is 9.70. The van der Waals surface area contributed by atoms with E-state index in [0.717, 1.165) is 54.6 Å². The molecule has 1 aliphatic heterocycles. The van der Waals surface area contributed by atoms with Crippen molar-refractivity contribution in [3.8, 4) is 0 Å². The Morgan fingerprint density at radius 2 is 2.07 bits per heavy atom. The topological polar surface area (TPSA) is 30.3 Å². The summed E-state index contributed by atoms with van der Waals surface area (Å²) in [4.78, 5) is 6.74. The fourth-order valence-electron chi connectivity index (χ4n) is 4.04. The van der Waals surface area contributed by atoms with Crippen molar-refractivity contribution < 1.29 is 9.13 Å². The van der Waals surface area contributed by atoms with Crippen molar-refractivity contribution in [1.29, 1.82) is 0 Å². The van der Waals surface area contributed by atoms with Crippen LogP contribution in [0.2, 0.25) is 0 Å². The number of aromatic nitrogens is 2. The maximum Gasteiger partial charge on any atom is 0.127 e. The molecule has 2 aliphatic rings. The van der Waals surface area contributed by atoms with Crippen LogP contribution in [0.15, 0.2) is 42.7 Å². The number of benzene rings is 2. The normalized spacial score (nSPS) is 21.0. The fraction of sp³-hybridized carbons (Fsp3) is 0.409. The fourth-order valence-corrected chi connectivity index (χ4v) is 4.04. The van der Waals surface area contributed by atoms with E-state index in [0.29, 0.717) is 12.5 Å². The van der Waals surface area contributed by atoms with Gasteiger partial charge < -0.3 is 9.30 Å². The monoisotopic (exact) mass is 365 g/mol. The third kappa shape index (κ3) is 3.37. The van der Waals surface area contributed by atoms with Gasteiger partial charge in [0.2, 0.25) is 0 Å². The van der Waals surface area contributed by atoms with Gasteiger partial charge in [-0.2, -0.15) is 0 Å². The minimum absolute atomic E-state index is 0.0358. The zero-order valence-corrected chi connectivity index (χ0v) is 15.6. The SMILES string of the molecule is Cn1cnc2ccc([C@@H]3CN(Cc4ccc(C5CC5)c(F)c4)CCO3)cc21. The molecule has 27 heavy (non-hydrogen) atoms. The van der Waals surface area contributed by atoms with Crippen LogP contribution in [0.25, 0.3) is 11.0 Å². The Hall–Kier alpha value is -2.24. The molecule has 2 fully saturated rings. The lowest BCUT2D eigenvalue weighted by molar-refractivity contribution is -0.0329. The van der Waals surface area contributed by atoms with Gasteiger partial charge in [0.25, 0.3) is 0 Å². The van der Waals surface area contributed by atoms with Crippen LogP contribution < -0.4 is 0 Å². The van der Waals surface area contributed by atoms with Crippen LogP contribution in [0, 0.1) is 5.82 Å². The average Bonchev–Trinajstić information content (AvgIpc) is 3.45. The number of imidazole rings is 1. The summed E-state index contributed by atoms with van der Waals surface area (Å²) < 4.78 is 22.4. The summed E-state index contributed by atoms with van der Waals surface area (Å²) in [5.41, 5.74) is 5.22. The molecule has 1 atom stereocenters. The summed E-state index contributed by atoms with van der Waals surface area (Å²) in [6.07, 6.45) is 4.13. The van der Waals surface area contributed by atoms with Crippen molar-refractivity contribution in [3.63, 3.8) is 0 Å². The molecule has 0 N–H and O–H groups in total. The second kappa shape index (κ2) is 6.73. The predicted molar refractivity (Wildman–Crippen MR) is 103 cm³/mol. The van der Waals surface area contributed by atoms with Crippen LogP contribution in [-0.4, -0.2) is 34.1 Å². The Morgan fingerprint density at radius 3 is 2.89 bits per heavy atom.